The summed E-state index contributed by atoms with van der Waals surface area (Å²) in [6.07, 6.45) is 0. The van der Waals surface area contributed by atoms with Crippen LogP contribution in [-0.4, -0.2) is 37.1 Å². The van der Waals surface area contributed by atoms with E-state index in [1.54, 1.807) is 0 Å². The number of hydrogen-bond donors (Lipinski definition) is 0. The summed E-state index contributed by atoms with van der Waals surface area (Å²) in [6.45, 7) is 12.0. The minimum absolute atomic E-state index is 0.0751. The van der Waals surface area contributed by atoms with E-state index in [1.807, 2.05) is 13.8 Å². The quantitative estimate of drug-likeness (QED) is 0.454. The smallest absolute Gasteiger partial charge is 0.374 e. The van der Waals surface area contributed by atoms with Crippen molar-refractivity contribution in [2.45, 2.75) is 34.6 Å². The Labute approximate surface area is 163 Å². The standard InChI is InChI=1S/C21H26F3NO3/c1-6-25(7-2)11-21(4,5)12-27-20(26)17-9-8-16(28-17)14-10-15(22)19(24)13(3)18(14)23/h8-10H,6-7,11-12H2,1-5H3. The van der Waals surface area contributed by atoms with Gasteiger partial charge in [-0.25, -0.2) is 18.0 Å². The molecule has 0 saturated carbocycles. The van der Waals surface area contributed by atoms with E-state index in [2.05, 4.69) is 18.7 Å². The van der Waals surface area contributed by atoms with Gasteiger partial charge in [0.2, 0.25) is 5.76 Å². The molecule has 0 aliphatic rings. The first kappa shape index (κ1) is 22.0. The maximum absolute atomic E-state index is 14.2. The van der Waals surface area contributed by atoms with E-state index in [-0.39, 0.29) is 29.1 Å². The van der Waals surface area contributed by atoms with E-state index in [9.17, 15) is 18.0 Å². The minimum atomic E-state index is -1.25. The van der Waals surface area contributed by atoms with Crippen LogP contribution >= 0.6 is 0 Å². The van der Waals surface area contributed by atoms with E-state index in [0.29, 0.717) is 6.07 Å². The Morgan fingerprint density at radius 2 is 1.79 bits per heavy atom. The number of halogens is 3. The topological polar surface area (TPSA) is 42.7 Å². The van der Waals surface area contributed by atoms with Gasteiger partial charge in [-0.3, -0.25) is 0 Å². The Kier molecular flexibility index (Phi) is 6.93. The van der Waals surface area contributed by atoms with Crippen LogP contribution in [0.5, 0.6) is 0 Å². The van der Waals surface area contributed by atoms with Crippen molar-refractivity contribution < 1.29 is 27.1 Å². The predicted octanol–water partition coefficient (Wildman–Crippen LogP) is 5.20. The first-order valence-corrected chi connectivity index (χ1v) is 9.23. The van der Waals surface area contributed by atoms with Gasteiger partial charge in [0.15, 0.2) is 11.6 Å². The van der Waals surface area contributed by atoms with Gasteiger partial charge in [0.1, 0.15) is 11.6 Å². The summed E-state index contributed by atoms with van der Waals surface area (Å²) in [5.41, 5.74) is -0.966. The number of rotatable bonds is 8. The molecule has 0 spiro atoms. The number of benzene rings is 1. The van der Waals surface area contributed by atoms with Gasteiger partial charge in [0, 0.05) is 17.5 Å². The van der Waals surface area contributed by atoms with Gasteiger partial charge in [0.25, 0.3) is 0 Å². The van der Waals surface area contributed by atoms with Crippen LogP contribution in [0.25, 0.3) is 11.3 Å². The summed E-state index contributed by atoms with van der Waals surface area (Å²) in [5.74, 6) is -4.27. The second-order valence-electron chi connectivity index (χ2n) is 7.52. The van der Waals surface area contributed by atoms with Crippen LogP contribution in [0.3, 0.4) is 0 Å². The van der Waals surface area contributed by atoms with Crippen molar-refractivity contribution in [3.8, 4) is 11.3 Å². The average molecular weight is 397 g/mol. The van der Waals surface area contributed by atoms with Crippen molar-refractivity contribution >= 4 is 5.97 Å². The Hall–Kier alpha value is -2.28. The second kappa shape index (κ2) is 8.82. The molecular formula is C21H26F3NO3. The SMILES string of the molecule is CCN(CC)CC(C)(C)COC(=O)c1ccc(-c2cc(F)c(F)c(C)c2F)o1. The Balaban J connectivity index is 2.11. The third-order valence-corrected chi connectivity index (χ3v) is 4.59. The molecule has 0 radical (unpaired) electrons. The molecule has 4 nitrogen and oxygen atoms in total. The summed E-state index contributed by atoms with van der Waals surface area (Å²) in [4.78, 5) is 14.5. The normalized spacial score (nSPS) is 11.9. The Morgan fingerprint density at radius 1 is 1.14 bits per heavy atom. The predicted molar refractivity (Wildman–Crippen MR) is 101 cm³/mol. The number of esters is 1. The molecule has 2 rings (SSSR count). The molecule has 0 saturated heterocycles. The molecule has 0 amide bonds. The molecule has 0 N–H and O–H groups in total. The van der Waals surface area contributed by atoms with E-state index >= 15 is 0 Å². The van der Waals surface area contributed by atoms with E-state index in [1.165, 1.54) is 12.1 Å². The molecule has 7 heteroatoms. The molecule has 0 bridgehead atoms. The zero-order chi connectivity index (χ0) is 21.1. The number of nitrogens with zero attached hydrogens (tertiary/aromatic N) is 1. The van der Waals surface area contributed by atoms with Crippen molar-refractivity contribution in [2.24, 2.45) is 5.41 Å². The molecule has 0 unspecified atom stereocenters. The molecule has 1 heterocycles. The average Bonchev–Trinajstić information content (AvgIpc) is 3.15. The van der Waals surface area contributed by atoms with Gasteiger partial charge in [-0.05, 0) is 38.2 Å². The zero-order valence-electron chi connectivity index (χ0n) is 16.9. The van der Waals surface area contributed by atoms with Crippen LogP contribution in [0.1, 0.15) is 43.8 Å². The van der Waals surface area contributed by atoms with Crippen molar-refractivity contribution in [1.29, 1.82) is 0 Å². The van der Waals surface area contributed by atoms with Crippen molar-refractivity contribution in [1.82, 2.24) is 4.90 Å². The first-order chi connectivity index (χ1) is 13.1. The molecule has 0 aliphatic carbocycles. The number of carbonyl (C=O) groups is 1. The van der Waals surface area contributed by atoms with Crippen LogP contribution in [0, 0.1) is 29.8 Å². The molecular weight excluding hydrogens is 371 g/mol. The van der Waals surface area contributed by atoms with Gasteiger partial charge in [-0.15, -0.1) is 0 Å². The van der Waals surface area contributed by atoms with Crippen LogP contribution in [0.2, 0.25) is 0 Å². The maximum atomic E-state index is 14.2. The van der Waals surface area contributed by atoms with Gasteiger partial charge in [0.05, 0.1) is 12.2 Å². The Morgan fingerprint density at radius 3 is 2.39 bits per heavy atom. The van der Waals surface area contributed by atoms with Gasteiger partial charge >= 0.3 is 5.97 Å². The highest BCUT2D eigenvalue weighted by molar-refractivity contribution is 5.87. The number of ether oxygens (including phenoxy) is 1. The lowest BCUT2D eigenvalue weighted by molar-refractivity contribution is 0.0243. The highest BCUT2D eigenvalue weighted by Crippen LogP contribution is 2.30. The van der Waals surface area contributed by atoms with Crippen LogP contribution < -0.4 is 0 Å². The fourth-order valence-corrected chi connectivity index (χ4v) is 2.93. The zero-order valence-corrected chi connectivity index (χ0v) is 16.9. The lowest BCUT2D eigenvalue weighted by Crippen LogP contribution is -2.37. The molecule has 28 heavy (non-hydrogen) atoms. The lowest BCUT2D eigenvalue weighted by atomic mass is 9.94. The van der Waals surface area contributed by atoms with Crippen molar-refractivity contribution in [3.63, 3.8) is 0 Å². The van der Waals surface area contributed by atoms with Crippen LogP contribution in [-0.2, 0) is 4.74 Å². The van der Waals surface area contributed by atoms with Crippen LogP contribution in [0.4, 0.5) is 13.2 Å². The third kappa shape index (κ3) is 4.95. The molecule has 154 valence electrons. The minimum Gasteiger partial charge on any atom is -0.459 e. The molecule has 1 aromatic carbocycles. The third-order valence-electron chi connectivity index (χ3n) is 4.59. The van der Waals surface area contributed by atoms with E-state index in [0.717, 1.165) is 26.6 Å². The fourth-order valence-electron chi connectivity index (χ4n) is 2.93. The van der Waals surface area contributed by atoms with Crippen molar-refractivity contribution in [2.75, 3.05) is 26.2 Å². The molecule has 2 aromatic rings. The van der Waals surface area contributed by atoms with Crippen LogP contribution in [0.15, 0.2) is 22.6 Å². The largest absolute Gasteiger partial charge is 0.459 e. The van der Waals surface area contributed by atoms with Gasteiger partial charge < -0.3 is 14.1 Å². The van der Waals surface area contributed by atoms with Gasteiger partial charge in [-0.1, -0.05) is 27.7 Å². The highest BCUT2D eigenvalue weighted by Gasteiger charge is 2.25. The second-order valence-corrected chi connectivity index (χ2v) is 7.52. The molecule has 1 aromatic heterocycles. The molecule has 0 aliphatic heterocycles. The maximum Gasteiger partial charge on any atom is 0.374 e. The number of carbonyl (C=O) groups excluding carboxylic acids is 1. The number of hydrogen-bond acceptors (Lipinski definition) is 4. The summed E-state index contributed by atoms with van der Waals surface area (Å²) >= 11 is 0. The monoisotopic (exact) mass is 397 g/mol. The molecule has 0 atom stereocenters. The highest BCUT2D eigenvalue weighted by atomic mass is 19.2. The summed E-state index contributed by atoms with van der Waals surface area (Å²) < 4.78 is 52.0. The van der Waals surface area contributed by atoms with E-state index < -0.39 is 29.0 Å². The summed E-state index contributed by atoms with van der Waals surface area (Å²) in [5, 5.41) is 0. The van der Waals surface area contributed by atoms with Gasteiger partial charge in [-0.2, -0.15) is 0 Å². The van der Waals surface area contributed by atoms with E-state index in [4.69, 9.17) is 9.15 Å². The lowest BCUT2D eigenvalue weighted by Gasteiger charge is -2.30. The number of furan rings is 1. The molecule has 0 fully saturated rings. The summed E-state index contributed by atoms with van der Waals surface area (Å²) in [7, 11) is 0. The summed E-state index contributed by atoms with van der Waals surface area (Å²) in [6, 6.07) is 3.36. The fraction of sp³-hybridized carbons (Fsp3) is 0.476. The Bertz CT molecular complexity index is 842. The van der Waals surface area contributed by atoms with Crippen molar-refractivity contribution in [3.05, 3.63) is 47.0 Å². The first-order valence-electron chi connectivity index (χ1n) is 9.23.